The molecule has 0 radical (unpaired) electrons. The van der Waals surface area contributed by atoms with Crippen LogP contribution in [-0.4, -0.2) is 71.8 Å². The van der Waals surface area contributed by atoms with E-state index in [1.54, 1.807) is 0 Å². The zero-order valence-corrected chi connectivity index (χ0v) is 19.0. The van der Waals surface area contributed by atoms with Crippen molar-refractivity contribution in [3.63, 3.8) is 0 Å². The molecule has 174 valence electrons. The Kier molecular flexibility index (Phi) is 5.74. The third-order valence-corrected chi connectivity index (χ3v) is 7.38. The van der Waals surface area contributed by atoms with E-state index in [1.807, 2.05) is 30.3 Å². The van der Waals surface area contributed by atoms with Gasteiger partial charge >= 0.3 is 6.09 Å². The first-order valence-corrected chi connectivity index (χ1v) is 11.8. The van der Waals surface area contributed by atoms with Gasteiger partial charge in [0.2, 0.25) is 0 Å². The molecule has 0 aromatic heterocycles. The number of carbonyl (C=O) groups is 2. The van der Waals surface area contributed by atoms with Crippen LogP contribution in [0, 0.1) is 0 Å². The fourth-order valence-corrected chi connectivity index (χ4v) is 5.23. The van der Waals surface area contributed by atoms with Crippen molar-refractivity contribution in [2.45, 2.75) is 43.7 Å². The molecule has 0 saturated carbocycles. The monoisotopic (exact) mass is 449 g/mol. The van der Waals surface area contributed by atoms with E-state index in [1.165, 1.54) is 10.5 Å². The molecule has 33 heavy (non-hydrogen) atoms. The summed E-state index contributed by atoms with van der Waals surface area (Å²) in [6.07, 6.45) is 3.36. The van der Waals surface area contributed by atoms with Crippen molar-refractivity contribution in [3.8, 4) is 16.9 Å². The fraction of sp³-hybridized carbons (Fsp3) is 0.462. The van der Waals surface area contributed by atoms with Gasteiger partial charge in [0.05, 0.1) is 0 Å². The molecule has 5 rings (SSSR count). The number of piperidine rings is 2. The number of hydrogen-bond acceptors (Lipinski definition) is 4. The highest BCUT2D eigenvalue weighted by Crippen LogP contribution is 2.42. The van der Waals surface area contributed by atoms with Crippen LogP contribution in [0.15, 0.2) is 42.5 Å². The molecule has 2 amide bonds. The number of amides is 2. The van der Waals surface area contributed by atoms with E-state index in [0.717, 1.165) is 49.2 Å². The van der Waals surface area contributed by atoms with Crippen molar-refractivity contribution in [3.05, 3.63) is 53.6 Å². The number of benzene rings is 2. The highest BCUT2D eigenvalue weighted by molar-refractivity contribution is 5.94. The van der Waals surface area contributed by atoms with Gasteiger partial charge in [-0.05, 0) is 73.9 Å². The van der Waals surface area contributed by atoms with Crippen LogP contribution in [0.3, 0.4) is 0 Å². The van der Waals surface area contributed by atoms with Gasteiger partial charge in [-0.1, -0.05) is 18.2 Å². The van der Waals surface area contributed by atoms with Gasteiger partial charge in [-0.15, -0.1) is 0 Å². The van der Waals surface area contributed by atoms with Crippen LogP contribution in [0.4, 0.5) is 4.79 Å². The summed E-state index contributed by atoms with van der Waals surface area (Å²) in [5.41, 5.74) is 3.73. The Balaban J connectivity index is 1.24. The predicted octanol–water partition coefficient (Wildman–Crippen LogP) is 3.63. The summed E-state index contributed by atoms with van der Waals surface area (Å²) in [4.78, 5) is 27.6. The highest BCUT2D eigenvalue weighted by atomic mass is 16.5. The van der Waals surface area contributed by atoms with E-state index in [-0.39, 0.29) is 17.6 Å². The zero-order chi connectivity index (χ0) is 23.0. The molecule has 7 nitrogen and oxygen atoms in total. The minimum absolute atomic E-state index is 0.00639. The van der Waals surface area contributed by atoms with Crippen molar-refractivity contribution < 1.29 is 19.4 Å². The summed E-state index contributed by atoms with van der Waals surface area (Å²) in [6, 6.07) is 14.3. The molecule has 3 aliphatic rings. The summed E-state index contributed by atoms with van der Waals surface area (Å²) >= 11 is 0. The smallest absolute Gasteiger partial charge is 0.407 e. The van der Waals surface area contributed by atoms with E-state index in [4.69, 9.17) is 4.74 Å². The largest absolute Gasteiger partial charge is 0.487 e. The minimum Gasteiger partial charge on any atom is -0.487 e. The number of rotatable bonds is 3. The van der Waals surface area contributed by atoms with E-state index in [0.29, 0.717) is 31.5 Å². The summed E-state index contributed by atoms with van der Waals surface area (Å²) < 4.78 is 6.31. The average Bonchev–Trinajstić information content (AvgIpc) is 3.17. The Bertz CT molecular complexity index is 1040. The topological polar surface area (TPSA) is 82.1 Å². The van der Waals surface area contributed by atoms with Gasteiger partial charge in [0.25, 0.3) is 5.91 Å². The van der Waals surface area contributed by atoms with Gasteiger partial charge in [0.15, 0.2) is 0 Å². The summed E-state index contributed by atoms with van der Waals surface area (Å²) in [5, 5.41) is 12.4. The lowest BCUT2D eigenvalue weighted by molar-refractivity contribution is 0.0224. The molecule has 0 aliphatic carbocycles. The van der Waals surface area contributed by atoms with Gasteiger partial charge in [0, 0.05) is 44.0 Å². The van der Waals surface area contributed by atoms with Crippen LogP contribution >= 0.6 is 0 Å². The SMILES string of the molecule is CN1CCC(NC(=O)c2ccc(-c3ccc4c(c3)CC3(CCN(C(=O)O)CC3)O4)cc2)CC1. The Labute approximate surface area is 194 Å². The number of likely N-dealkylation sites (tertiary alicyclic amines) is 2. The number of carbonyl (C=O) groups excluding carboxylic acids is 1. The van der Waals surface area contributed by atoms with Crippen molar-refractivity contribution in [1.82, 2.24) is 15.1 Å². The van der Waals surface area contributed by atoms with E-state index < -0.39 is 6.09 Å². The molecule has 0 bridgehead atoms. The standard InChI is InChI=1S/C26H31N3O4/c1-28-12-8-22(9-13-28)27-24(30)19-4-2-18(3-5-19)20-6-7-23-21(16-20)17-26(33-23)10-14-29(15-11-26)25(31)32/h2-7,16,22H,8-15,17H2,1H3,(H,27,30)(H,31,32). The molecule has 2 saturated heterocycles. The molecule has 2 fully saturated rings. The van der Waals surface area contributed by atoms with Gasteiger partial charge < -0.3 is 25.0 Å². The second-order valence-electron chi connectivity index (χ2n) is 9.68. The fourth-order valence-electron chi connectivity index (χ4n) is 5.23. The van der Waals surface area contributed by atoms with Crippen LogP contribution in [-0.2, 0) is 6.42 Å². The second kappa shape index (κ2) is 8.71. The van der Waals surface area contributed by atoms with E-state index in [9.17, 15) is 14.7 Å². The number of carboxylic acid groups (broad SMARTS) is 1. The summed E-state index contributed by atoms with van der Waals surface area (Å²) in [7, 11) is 2.11. The molecule has 2 aromatic rings. The Hall–Kier alpha value is -3.06. The lowest BCUT2D eigenvalue weighted by Crippen LogP contribution is -2.48. The third kappa shape index (κ3) is 4.55. The first-order chi connectivity index (χ1) is 15.9. The van der Waals surface area contributed by atoms with Crippen LogP contribution in [0.2, 0.25) is 0 Å². The molecular formula is C26H31N3O4. The second-order valence-corrected chi connectivity index (χ2v) is 9.68. The summed E-state index contributed by atoms with van der Waals surface area (Å²) in [5.74, 6) is 0.893. The van der Waals surface area contributed by atoms with Crippen LogP contribution in [0.1, 0.15) is 41.6 Å². The Morgan fingerprint density at radius 2 is 1.67 bits per heavy atom. The zero-order valence-electron chi connectivity index (χ0n) is 19.0. The molecule has 3 aliphatic heterocycles. The highest BCUT2D eigenvalue weighted by Gasteiger charge is 2.42. The van der Waals surface area contributed by atoms with Crippen molar-refractivity contribution in [2.24, 2.45) is 0 Å². The van der Waals surface area contributed by atoms with Gasteiger partial charge in [0.1, 0.15) is 11.4 Å². The van der Waals surface area contributed by atoms with Crippen molar-refractivity contribution in [2.75, 3.05) is 33.2 Å². The van der Waals surface area contributed by atoms with Gasteiger partial charge in [-0.2, -0.15) is 0 Å². The molecule has 0 unspecified atom stereocenters. The Morgan fingerprint density at radius 3 is 2.33 bits per heavy atom. The van der Waals surface area contributed by atoms with Crippen LogP contribution in [0.25, 0.3) is 11.1 Å². The molecule has 1 spiro atoms. The minimum atomic E-state index is -0.855. The van der Waals surface area contributed by atoms with E-state index in [2.05, 4.69) is 29.4 Å². The van der Waals surface area contributed by atoms with Crippen LogP contribution < -0.4 is 10.1 Å². The molecule has 0 atom stereocenters. The average molecular weight is 450 g/mol. The molecule has 2 N–H and O–H groups in total. The van der Waals surface area contributed by atoms with Gasteiger partial charge in [-0.25, -0.2) is 4.79 Å². The number of hydrogen-bond donors (Lipinski definition) is 2. The van der Waals surface area contributed by atoms with E-state index >= 15 is 0 Å². The van der Waals surface area contributed by atoms with Crippen molar-refractivity contribution >= 4 is 12.0 Å². The van der Waals surface area contributed by atoms with Crippen molar-refractivity contribution in [1.29, 1.82) is 0 Å². The number of fused-ring (bicyclic) bond motifs is 1. The number of ether oxygens (including phenoxy) is 1. The maximum Gasteiger partial charge on any atom is 0.407 e. The van der Waals surface area contributed by atoms with Gasteiger partial charge in [-0.3, -0.25) is 4.79 Å². The lowest BCUT2D eigenvalue weighted by Gasteiger charge is -2.37. The molecule has 3 heterocycles. The lowest BCUT2D eigenvalue weighted by atomic mass is 9.86. The predicted molar refractivity (Wildman–Crippen MR) is 126 cm³/mol. The first kappa shape index (κ1) is 21.8. The Morgan fingerprint density at radius 1 is 1.00 bits per heavy atom. The maximum absolute atomic E-state index is 12.7. The first-order valence-electron chi connectivity index (χ1n) is 11.8. The number of nitrogens with zero attached hydrogens (tertiary/aromatic N) is 2. The van der Waals surface area contributed by atoms with Crippen LogP contribution in [0.5, 0.6) is 5.75 Å². The molecular weight excluding hydrogens is 418 g/mol. The molecule has 7 heteroatoms. The third-order valence-electron chi connectivity index (χ3n) is 7.38. The molecule has 2 aromatic carbocycles. The normalized spacial score (nSPS) is 20.3. The number of nitrogens with one attached hydrogen (secondary N) is 1. The quantitative estimate of drug-likeness (QED) is 0.748. The maximum atomic E-state index is 12.7. The summed E-state index contributed by atoms with van der Waals surface area (Å²) in [6.45, 7) is 3.06.